The van der Waals surface area contributed by atoms with Gasteiger partial charge >= 0.3 is 5.97 Å². The molecule has 3 heterocycles. The maximum atomic E-state index is 12.4. The Morgan fingerprint density at radius 2 is 2.04 bits per heavy atom. The molecule has 1 amide bonds. The van der Waals surface area contributed by atoms with Gasteiger partial charge in [-0.05, 0) is 25.0 Å². The topological polar surface area (TPSA) is 108 Å². The minimum absolute atomic E-state index is 0.108. The van der Waals surface area contributed by atoms with Gasteiger partial charge in [0, 0.05) is 19.3 Å². The fourth-order valence-electron chi connectivity index (χ4n) is 2.67. The molecule has 0 aliphatic carbocycles. The summed E-state index contributed by atoms with van der Waals surface area (Å²) in [5.74, 6) is -0.434. The quantitative estimate of drug-likeness (QED) is 0.858. The summed E-state index contributed by atoms with van der Waals surface area (Å²) in [7, 11) is 0. The average Bonchev–Trinajstić information content (AvgIpc) is 2.64. The van der Waals surface area contributed by atoms with Gasteiger partial charge in [0.1, 0.15) is 11.6 Å². The van der Waals surface area contributed by atoms with Gasteiger partial charge in [-0.2, -0.15) is 0 Å². The third-order valence-corrected chi connectivity index (χ3v) is 4.18. The molecule has 130 valence electrons. The summed E-state index contributed by atoms with van der Waals surface area (Å²) in [4.78, 5) is 37.3. The summed E-state index contributed by atoms with van der Waals surface area (Å²) in [6.45, 7) is 1.23. The van der Waals surface area contributed by atoms with Gasteiger partial charge in [-0.25, -0.2) is 19.7 Å². The van der Waals surface area contributed by atoms with Crippen LogP contribution in [0.15, 0.2) is 30.7 Å². The molecule has 8 nitrogen and oxygen atoms in total. The summed E-state index contributed by atoms with van der Waals surface area (Å²) in [5, 5.41) is 12.2. The Hall–Kier alpha value is -2.74. The van der Waals surface area contributed by atoms with Crippen molar-refractivity contribution in [3.05, 3.63) is 41.4 Å². The predicted octanol–water partition coefficient (Wildman–Crippen LogP) is 2.08. The first-order valence-corrected chi connectivity index (χ1v) is 8.13. The molecule has 2 aromatic heterocycles. The number of amides is 1. The van der Waals surface area contributed by atoms with Crippen molar-refractivity contribution in [3.8, 4) is 0 Å². The second-order valence-corrected chi connectivity index (χ2v) is 6.14. The number of hydrogen-bond donors (Lipinski definition) is 2. The highest BCUT2D eigenvalue weighted by atomic mass is 35.5. The number of hydrogen-bond acceptors (Lipinski definition) is 6. The number of carboxylic acids is 1. The van der Waals surface area contributed by atoms with Crippen LogP contribution in [-0.4, -0.2) is 45.0 Å². The minimum Gasteiger partial charge on any atom is -0.476 e. The maximum Gasteiger partial charge on any atom is 0.356 e. The summed E-state index contributed by atoms with van der Waals surface area (Å²) in [6, 6.07) is 3.31. The smallest absolute Gasteiger partial charge is 0.356 e. The van der Waals surface area contributed by atoms with E-state index in [1.165, 1.54) is 18.6 Å². The maximum absolute atomic E-state index is 12.4. The van der Waals surface area contributed by atoms with Gasteiger partial charge in [0.15, 0.2) is 5.69 Å². The molecule has 25 heavy (non-hydrogen) atoms. The van der Waals surface area contributed by atoms with Crippen molar-refractivity contribution in [1.29, 1.82) is 0 Å². The Kier molecular flexibility index (Phi) is 5.08. The van der Waals surface area contributed by atoms with Crippen LogP contribution >= 0.6 is 11.6 Å². The monoisotopic (exact) mass is 361 g/mol. The van der Waals surface area contributed by atoms with Gasteiger partial charge < -0.3 is 15.3 Å². The molecule has 0 radical (unpaired) electrons. The number of carbonyl (C=O) groups excluding carboxylic acids is 1. The van der Waals surface area contributed by atoms with Crippen LogP contribution in [0.25, 0.3) is 0 Å². The van der Waals surface area contributed by atoms with Gasteiger partial charge in [0.05, 0.1) is 23.3 Å². The molecule has 0 bridgehead atoms. The molecule has 0 spiro atoms. The number of aromatic carboxylic acids is 1. The van der Waals surface area contributed by atoms with Crippen molar-refractivity contribution in [2.24, 2.45) is 5.92 Å². The van der Waals surface area contributed by atoms with Crippen LogP contribution in [0.1, 0.15) is 23.3 Å². The van der Waals surface area contributed by atoms with E-state index < -0.39 is 5.97 Å². The van der Waals surface area contributed by atoms with Crippen LogP contribution in [-0.2, 0) is 4.79 Å². The van der Waals surface area contributed by atoms with E-state index in [4.69, 9.17) is 16.7 Å². The molecular formula is C16H16ClN5O3. The summed E-state index contributed by atoms with van der Waals surface area (Å²) in [5.41, 5.74) is -0.108. The molecule has 1 fully saturated rings. The standard InChI is InChI=1S/C16H16ClN5O3/c17-11-3-4-13(19-6-11)21-15(23)10-2-1-5-22(9-10)14-8-18-12(7-20-14)16(24)25/h3-4,6-8,10H,1-2,5,9H2,(H,24,25)(H,19,21,23). The zero-order valence-corrected chi connectivity index (χ0v) is 14.0. The average molecular weight is 362 g/mol. The van der Waals surface area contributed by atoms with E-state index in [0.29, 0.717) is 23.2 Å². The zero-order valence-electron chi connectivity index (χ0n) is 13.2. The van der Waals surface area contributed by atoms with Crippen molar-refractivity contribution in [2.75, 3.05) is 23.3 Å². The van der Waals surface area contributed by atoms with E-state index >= 15 is 0 Å². The third kappa shape index (κ3) is 4.21. The van der Waals surface area contributed by atoms with E-state index in [-0.39, 0.29) is 17.5 Å². The van der Waals surface area contributed by atoms with Crippen molar-refractivity contribution in [3.63, 3.8) is 0 Å². The Balaban J connectivity index is 1.64. The summed E-state index contributed by atoms with van der Waals surface area (Å²) >= 11 is 5.78. The highest BCUT2D eigenvalue weighted by molar-refractivity contribution is 6.30. The molecule has 0 aromatic carbocycles. The fourth-order valence-corrected chi connectivity index (χ4v) is 2.78. The third-order valence-electron chi connectivity index (χ3n) is 3.95. The number of nitrogens with one attached hydrogen (secondary N) is 1. The SMILES string of the molecule is O=C(O)c1cnc(N2CCCC(C(=O)Nc3ccc(Cl)cn3)C2)cn1. The van der Waals surface area contributed by atoms with Crippen LogP contribution in [0.2, 0.25) is 5.02 Å². The predicted molar refractivity (Wildman–Crippen MR) is 91.8 cm³/mol. The molecule has 1 aliphatic rings. The van der Waals surface area contributed by atoms with Crippen LogP contribution < -0.4 is 10.2 Å². The fraction of sp³-hybridized carbons (Fsp3) is 0.312. The number of piperidine rings is 1. The first-order chi connectivity index (χ1) is 12.0. The molecule has 1 atom stereocenters. The van der Waals surface area contributed by atoms with E-state index in [9.17, 15) is 9.59 Å². The molecule has 0 saturated carbocycles. The Bertz CT molecular complexity index is 766. The lowest BCUT2D eigenvalue weighted by Gasteiger charge is -2.32. The second kappa shape index (κ2) is 7.43. The number of rotatable bonds is 4. The molecular weight excluding hydrogens is 346 g/mol. The molecule has 1 saturated heterocycles. The van der Waals surface area contributed by atoms with Gasteiger partial charge in [0.25, 0.3) is 0 Å². The Labute approximate surface area is 148 Å². The Morgan fingerprint density at radius 3 is 2.68 bits per heavy atom. The van der Waals surface area contributed by atoms with Gasteiger partial charge in [-0.3, -0.25) is 4.79 Å². The lowest BCUT2D eigenvalue weighted by molar-refractivity contribution is -0.120. The van der Waals surface area contributed by atoms with Gasteiger partial charge in [-0.1, -0.05) is 11.6 Å². The molecule has 3 rings (SSSR count). The zero-order chi connectivity index (χ0) is 17.8. The first-order valence-electron chi connectivity index (χ1n) is 7.75. The number of halogens is 1. The number of aromatic nitrogens is 3. The largest absolute Gasteiger partial charge is 0.476 e. The molecule has 9 heteroatoms. The Morgan fingerprint density at radius 1 is 1.20 bits per heavy atom. The summed E-state index contributed by atoms with van der Waals surface area (Å²) < 4.78 is 0. The number of pyridine rings is 1. The normalized spacial score (nSPS) is 17.2. The lowest BCUT2D eigenvalue weighted by atomic mass is 9.97. The molecule has 1 unspecified atom stereocenters. The van der Waals surface area contributed by atoms with Crippen molar-refractivity contribution < 1.29 is 14.7 Å². The molecule has 1 aliphatic heterocycles. The summed E-state index contributed by atoms with van der Waals surface area (Å²) in [6.07, 6.45) is 5.71. The van der Waals surface area contributed by atoms with Crippen LogP contribution in [0.4, 0.5) is 11.6 Å². The molecule has 2 N–H and O–H groups in total. The van der Waals surface area contributed by atoms with E-state index in [2.05, 4.69) is 20.3 Å². The van der Waals surface area contributed by atoms with E-state index in [0.717, 1.165) is 19.4 Å². The minimum atomic E-state index is -1.12. The van der Waals surface area contributed by atoms with E-state index in [1.54, 1.807) is 12.1 Å². The molecule has 2 aromatic rings. The lowest BCUT2D eigenvalue weighted by Crippen LogP contribution is -2.41. The van der Waals surface area contributed by atoms with E-state index in [1.807, 2.05) is 4.90 Å². The van der Waals surface area contributed by atoms with Gasteiger partial charge in [0.2, 0.25) is 5.91 Å². The highest BCUT2D eigenvalue weighted by Gasteiger charge is 2.27. The second-order valence-electron chi connectivity index (χ2n) is 5.70. The van der Waals surface area contributed by atoms with Crippen LogP contribution in [0, 0.1) is 5.92 Å². The highest BCUT2D eigenvalue weighted by Crippen LogP contribution is 2.22. The van der Waals surface area contributed by atoms with Crippen molar-refractivity contribution >= 4 is 35.1 Å². The van der Waals surface area contributed by atoms with Gasteiger partial charge in [-0.15, -0.1) is 0 Å². The van der Waals surface area contributed by atoms with Crippen molar-refractivity contribution in [1.82, 2.24) is 15.0 Å². The van der Waals surface area contributed by atoms with Crippen molar-refractivity contribution in [2.45, 2.75) is 12.8 Å². The first kappa shape index (κ1) is 17.1. The number of anilines is 2. The van der Waals surface area contributed by atoms with Crippen LogP contribution in [0.3, 0.4) is 0 Å². The number of carbonyl (C=O) groups is 2. The van der Waals surface area contributed by atoms with Crippen LogP contribution in [0.5, 0.6) is 0 Å². The number of nitrogens with zero attached hydrogens (tertiary/aromatic N) is 4. The number of carboxylic acid groups (broad SMARTS) is 1.